The molecule has 0 radical (unpaired) electrons. The van der Waals surface area contributed by atoms with Crippen LogP contribution in [0.25, 0.3) is 28.1 Å². The van der Waals surface area contributed by atoms with E-state index in [2.05, 4.69) is 26.0 Å². The van der Waals surface area contributed by atoms with Crippen molar-refractivity contribution in [1.82, 2.24) is 35.2 Å². The van der Waals surface area contributed by atoms with Crippen LogP contribution in [0, 0.1) is 0 Å². The van der Waals surface area contributed by atoms with Crippen LogP contribution in [0.3, 0.4) is 0 Å². The van der Waals surface area contributed by atoms with E-state index in [1.807, 2.05) is 71.3 Å². The lowest BCUT2D eigenvalue weighted by molar-refractivity contribution is -0.137. The first-order chi connectivity index (χ1) is 23.7. The number of nitrogens with one attached hydrogen (secondary N) is 2. The Balaban J connectivity index is 1.12. The molecule has 0 saturated carbocycles. The molecule has 49 heavy (non-hydrogen) atoms. The van der Waals surface area contributed by atoms with E-state index in [1.165, 1.54) is 10.6 Å². The van der Waals surface area contributed by atoms with Gasteiger partial charge in [-0.1, -0.05) is 90.6 Å². The van der Waals surface area contributed by atoms with Gasteiger partial charge in [-0.3, -0.25) is 29.8 Å². The normalized spacial score (nSPS) is 11.4. The zero-order chi connectivity index (χ0) is 34.4. The minimum absolute atomic E-state index is 0.0233. The van der Waals surface area contributed by atoms with Crippen LogP contribution < -0.4 is 16.4 Å². The van der Waals surface area contributed by atoms with E-state index in [0.29, 0.717) is 11.0 Å². The number of rotatable bonds is 10. The number of nitrogens with zero attached hydrogens (tertiary/aromatic N) is 5. The van der Waals surface area contributed by atoms with Gasteiger partial charge in [0.2, 0.25) is 11.8 Å². The monoisotopic (exact) mass is 683 g/mol. The predicted molar refractivity (Wildman–Crippen MR) is 179 cm³/mol. The number of halogens is 3. The van der Waals surface area contributed by atoms with Gasteiger partial charge in [-0.2, -0.15) is 13.2 Å². The van der Waals surface area contributed by atoms with Crippen molar-refractivity contribution in [2.24, 2.45) is 0 Å². The molecule has 0 spiro atoms. The lowest BCUT2D eigenvalue weighted by Crippen LogP contribution is -2.42. The highest BCUT2D eigenvalue weighted by Crippen LogP contribution is 2.31. The van der Waals surface area contributed by atoms with Gasteiger partial charge in [0.1, 0.15) is 5.69 Å². The molecule has 4 aromatic carbocycles. The van der Waals surface area contributed by atoms with E-state index >= 15 is 0 Å². The molecule has 14 heteroatoms. The maximum absolute atomic E-state index is 13.5. The summed E-state index contributed by atoms with van der Waals surface area (Å²) in [6.07, 6.45) is -5.03. The van der Waals surface area contributed by atoms with Crippen LogP contribution in [-0.4, -0.2) is 41.9 Å². The van der Waals surface area contributed by atoms with E-state index in [9.17, 15) is 27.6 Å². The van der Waals surface area contributed by atoms with Crippen LogP contribution in [0.1, 0.15) is 23.2 Å². The molecule has 0 aliphatic rings. The van der Waals surface area contributed by atoms with E-state index in [4.69, 9.17) is 0 Å². The van der Waals surface area contributed by atoms with E-state index in [0.717, 1.165) is 40.7 Å². The van der Waals surface area contributed by atoms with E-state index < -0.39 is 29.1 Å². The Bertz CT molecular complexity index is 2160. The van der Waals surface area contributed by atoms with Crippen molar-refractivity contribution in [1.29, 1.82) is 0 Å². The summed E-state index contributed by atoms with van der Waals surface area (Å²) in [7, 11) is 0. The molecule has 0 bridgehead atoms. The molecule has 6 rings (SSSR count). The van der Waals surface area contributed by atoms with Crippen molar-refractivity contribution in [3.05, 3.63) is 136 Å². The van der Waals surface area contributed by atoms with Crippen molar-refractivity contribution in [3.63, 3.8) is 0 Å². The zero-order valence-electron chi connectivity index (χ0n) is 25.7. The van der Waals surface area contributed by atoms with Gasteiger partial charge in [0.25, 0.3) is 5.56 Å². The van der Waals surface area contributed by atoms with E-state index in [1.54, 1.807) is 24.3 Å². The fraction of sp³-hybridized carbons (Fsp3) is 0.143. The second-order valence-corrected chi connectivity index (χ2v) is 11.8. The number of carbonyl (C=O) groups excluding carboxylic acids is 2. The minimum atomic E-state index is -4.60. The Morgan fingerprint density at radius 2 is 1.45 bits per heavy atom. The number of alkyl halides is 3. The maximum atomic E-state index is 13.5. The molecular weight excluding hydrogens is 655 g/mol. The average molecular weight is 684 g/mol. The molecule has 2 heterocycles. The summed E-state index contributed by atoms with van der Waals surface area (Å²) in [5, 5.41) is 9.10. The first kappa shape index (κ1) is 33.2. The molecule has 0 aliphatic heterocycles. The Morgan fingerprint density at radius 1 is 0.796 bits per heavy atom. The topological polar surface area (TPSA) is 124 Å². The van der Waals surface area contributed by atoms with Crippen molar-refractivity contribution >= 4 is 34.6 Å². The first-order valence-electron chi connectivity index (χ1n) is 15.1. The molecule has 10 nitrogen and oxygen atoms in total. The van der Waals surface area contributed by atoms with Gasteiger partial charge >= 0.3 is 6.18 Å². The summed E-state index contributed by atoms with van der Waals surface area (Å²) in [6.45, 7) is 0.0991. The molecule has 0 unspecified atom stereocenters. The fourth-order valence-electron chi connectivity index (χ4n) is 5.11. The third kappa shape index (κ3) is 7.87. The number of hydrogen-bond donors (Lipinski definition) is 2. The molecule has 6 aromatic rings. The van der Waals surface area contributed by atoms with Crippen LogP contribution in [0.2, 0.25) is 0 Å². The molecule has 2 N–H and O–H groups in total. The Hall–Kier alpha value is -5.76. The van der Waals surface area contributed by atoms with Gasteiger partial charge in [0.05, 0.1) is 28.9 Å². The van der Waals surface area contributed by atoms with Crippen LogP contribution in [0.15, 0.2) is 119 Å². The number of carbonyl (C=O) groups is 2. The third-order valence-electron chi connectivity index (χ3n) is 7.47. The zero-order valence-corrected chi connectivity index (χ0v) is 26.5. The van der Waals surface area contributed by atoms with Crippen molar-refractivity contribution < 1.29 is 22.8 Å². The Labute approximate surface area is 282 Å². The molecule has 2 aromatic heterocycles. The number of hydrazine groups is 1. The van der Waals surface area contributed by atoms with Crippen LogP contribution in [0.4, 0.5) is 13.2 Å². The van der Waals surface area contributed by atoms with Gasteiger partial charge in [-0.25, -0.2) is 4.98 Å². The summed E-state index contributed by atoms with van der Waals surface area (Å²) in [5.74, 6) is -0.631. The van der Waals surface area contributed by atoms with Crippen molar-refractivity contribution in [2.45, 2.75) is 30.7 Å². The number of fused-ring (bicyclic) bond motifs is 1. The molecule has 0 fully saturated rings. The van der Waals surface area contributed by atoms with Gasteiger partial charge in [-0.05, 0) is 35.9 Å². The molecule has 0 aliphatic carbocycles. The lowest BCUT2D eigenvalue weighted by atomic mass is 10.1. The van der Waals surface area contributed by atoms with Crippen LogP contribution >= 0.6 is 11.8 Å². The second kappa shape index (κ2) is 14.6. The molecule has 2 amide bonds. The number of aryl methyl sites for hydroxylation is 1. The first-order valence-corrected chi connectivity index (χ1v) is 16.1. The maximum Gasteiger partial charge on any atom is 0.416 e. The highest BCUT2D eigenvalue weighted by molar-refractivity contribution is 7.99. The van der Waals surface area contributed by atoms with Crippen molar-refractivity contribution in [3.8, 4) is 17.1 Å². The van der Waals surface area contributed by atoms with Crippen molar-refractivity contribution in [2.75, 3.05) is 5.75 Å². The number of amides is 2. The molecular formula is C35H28F3N7O3S. The number of para-hydroxylation sites is 1. The molecule has 0 atom stereocenters. The summed E-state index contributed by atoms with van der Waals surface area (Å²) in [6, 6.07) is 31.0. The van der Waals surface area contributed by atoms with E-state index in [-0.39, 0.29) is 41.9 Å². The highest BCUT2D eigenvalue weighted by atomic mass is 32.2. The molecule has 0 saturated heterocycles. The smallest absolute Gasteiger partial charge is 0.301 e. The number of benzene rings is 4. The largest absolute Gasteiger partial charge is 0.416 e. The number of hydrogen-bond acceptors (Lipinski definition) is 7. The Kier molecular flexibility index (Phi) is 9.85. The SMILES string of the molecule is O=C(CCc1nc2cc(C(F)(F)F)ccc2n(Cc2ccccc2)c1=O)NNC(=O)CSc1nnc(-c2ccccc2)n1-c1ccccc1. The quantitative estimate of drug-likeness (QED) is 0.143. The van der Waals surface area contributed by atoms with Gasteiger partial charge in [-0.15, -0.1) is 10.2 Å². The standard InChI is InChI=1S/C35H28F3N7O3S/c36-35(37,38)25-16-18-29-28(20-25)39-27(33(48)44(29)21-23-10-4-1-5-11-23)17-19-30(46)40-41-31(47)22-49-34-43-42-32(24-12-6-2-7-13-24)45(34)26-14-8-3-9-15-26/h1-16,18,20H,17,19,21-22H2,(H,40,46)(H,41,47). The van der Waals surface area contributed by atoms with Gasteiger partial charge < -0.3 is 4.57 Å². The minimum Gasteiger partial charge on any atom is -0.301 e. The summed E-state index contributed by atoms with van der Waals surface area (Å²) >= 11 is 1.13. The molecule has 248 valence electrons. The Morgan fingerprint density at radius 3 is 2.14 bits per heavy atom. The predicted octanol–water partition coefficient (Wildman–Crippen LogP) is 5.58. The average Bonchev–Trinajstić information content (AvgIpc) is 3.55. The fourth-order valence-corrected chi connectivity index (χ4v) is 5.86. The van der Waals surface area contributed by atoms with Gasteiger partial charge in [0, 0.05) is 24.1 Å². The lowest BCUT2D eigenvalue weighted by Gasteiger charge is -2.14. The highest BCUT2D eigenvalue weighted by Gasteiger charge is 2.31. The third-order valence-corrected chi connectivity index (χ3v) is 8.40. The number of aromatic nitrogens is 5. The summed E-state index contributed by atoms with van der Waals surface area (Å²) < 4.78 is 43.6. The summed E-state index contributed by atoms with van der Waals surface area (Å²) in [4.78, 5) is 43.0. The number of thioether (sulfide) groups is 1. The van der Waals surface area contributed by atoms with Gasteiger partial charge in [0.15, 0.2) is 11.0 Å². The van der Waals surface area contributed by atoms with Crippen LogP contribution in [-0.2, 0) is 28.7 Å². The second-order valence-electron chi connectivity index (χ2n) is 10.9. The van der Waals surface area contributed by atoms with Crippen LogP contribution in [0.5, 0.6) is 0 Å². The summed E-state index contributed by atoms with van der Waals surface area (Å²) in [5.41, 5.74) is 5.80.